The second-order valence-corrected chi connectivity index (χ2v) is 5.05. The third kappa shape index (κ3) is 4.35. The first-order chi connectivity index (χ1) is 8.48. The molecule has 4 heteroatoms. The molecule has 1 heterocycles. The second kappa shape index (κ2) is 6.38. The normalized spacial score (nSPS) is 11.1. The van der Waals surface area contributed by atoms with Gasteiger partial charge in [-0.15, -0.1) is 0 Å². The summed E-state index contributed by atoms with van der Waals surface area (Å²) >= 11 is 0. The maximum absolute atomic E-state index is 12.0. The maximum Gasteiger partial charge on any atom is 0.270 e. The highest BCUT2D eigenvalue weighted by atomic mass is 16.2. The molecule has 1 amide bonds. The van der Waals surface area contributed by atoms with Gasteiger partial charge in [0, 0.05) is 12.1 Å². The van der Waals surface area contributed by atoms with Crippen molar-refractivity contribution in [2.45, 2.75) is 46.1 Å². The Hall–Kier alpha value is -1.58. The van der Waals surface area contributed by atoms with Gasteiger partial charge in [-0.25, -0.2) is 4.98 Å². The van der Waals surface area contributed by atoms with Gasteiger partial charge in [-0.2, -0.15) is 0 Å². The number of nitrogens with one attached hydrogen (secondary N) is 2. The Morgan fingerprint density at radius 1 is 1.33 bits per heavy atom. The topological polar surface area (TPSA) is 54.0 Å². The highest BCUT2D eigenvalue weighted by Crippen LogP contribution is 2.10. The van der Waals surface area contributed by atoms with E-state index in [0.717, 1.165) is 25.1 Å². The fourth-order valence-electron chi connectivity index (χ4n) is 1.36. The van der Waals surface area contributed by atoms with Crippen molar-refractivity contribution in [2.24, 2.45) is 0 Å². The van der Waals surface area contributed by atoms with E-state index in [2.05, 4.69) is 22.5 Å². The predicted molar refractivity (Wildman–Crippen MR) is 74.9 cm³/mol. The van der Waals surface area contributed by atoms with Crippen molar-refractivity contribution in [3.05, 3.63) is 24.0 Å². The number of hydrogen-bond acceptors (Lipinski definition) is 3. The minimum Gasteiger partial charge on any atom is -0.384 e. The third-order valence-corrected chi connectivity index (χ3v) is 2.91. The molecular weight excluding hydrogens is 226 g/mol. The molecule has 100 valence electrons. The highest BCUT2D eigenvalue weighted by Gasteiger charge is 2.19. The second-order valence-electron chi connectivity index (χ2n) is 5.05. The van der Waals surface area contributed by atoms with E-state index in [9.17, 15) is 4.79 Å². The Bertz CT molecular complexity index is 385. The number of aromatic nitrogens is 1. The van der Waals surface area contributed by atoms with Crippen molar-refractivity contribution in [1.82, 2.24) is 10.3 Å². The number of rotatable bonds is 6. The van der Waals surface area contributed by atoms with E-state index in [-0.39, 0.29) is 11.4 Å². The quantitative estimate of drug-likeness (QED) is 0.815. The van der Waals surface area contributed by atoms with E-state index in [1.165, 1.54) is 0 Å². The summed E-state index contributed by atoms with van der Waals surface area (Å²) in [5.41, 5.74) is 1.21. The molecule has 0 unspecified atom stereocenters. The van der Waals surface area contributed by atoms with Gasteiger partial charge in [-0.1, -0.05) is 13.8 Å². The van der Waals surface area contributed by atoms with Gasteiger partial charge >= 0.3 is 0 Å². The van der Waals surface area contributed by atoms with Gasteiger partial charge in [0.2, 0.25) is 0 Å². The summed E-state index contributed by atoms with van der Waals surface area (Å²) in [5, 5.41) is 6.19. The van der Waals surface area contributed by atoms with E-state index in [1.54, 1.807) is 12.3 Å². The fourth-order valence-corrected chi connectivity index (χ4v) is 1.36. The van der Waals surface area contributed by atoms with E-state index >= 15 is 0 Å². The largest absolute Gasteiger partial charge is 0.384 e. The first-order valence-electron chi connectivity index (χ1n) is 6.51. The van der Waals surface area contributed by atoms with Crippen LogP contribution in [0.4, 0.5) is 5.69 Å². The molecule has 1 aromatic rings. The van der Waals surface area contributed by atoms with Crippen LogP contribution in [0.5, 0.6) is 0 Å². The smallest absolute Gasteiger partial charge is 0.270 e. The SMILES string of the molecule is CCCNc1ccc(C(=O)NC(C)(C)CC)nc1. The number of hydrogen-bond donors (Lipinski definition) is 2. The number of carbonyl (C=O) groups excluding carboxylic acids is 1. The number of nitrogens with zero attached hydrogens (tertiary/aromatic N) is 1. The summed E-state index contributed by atoms with van der Waals surface area (Å²) in [6.07, 6.45) is 3.64. The number of carbonyl (C=O) groups is 1. The number of anilines is 1. The van der Waals surface area contributed by atoms with Crippen LogP contribution in [0.15, 0.2) is 18.3 Å². The van der Waals surface area contributed by atoms with Crippen LogP contribution in [0.3, 0.4) is 0 Å². The summed E-state index contributed by atoms with van der Waals surface area (Å²) in [6.45, 7) is 9.07. The molecule has 1 rings (SSSR count). The van der Waals surface area contributed by atoms with Gasteiger partial charge in [0.05, 0.1) is 11.9 Å². The molecule has 0 saturated heterocycles. The predicted octanol–water partition coefficient (Wildman–Crippen LogP) is 2.82. The van der Waals surface area contributed by atoms with Gasteiger partial charge < -0.3 is 10.6 Å². The van der Waals surface area contributed by atoms with Crippen molar-refractivity contribution in [1.29, 1.82) is 0 Å². The Labute approximate surface area is 109 Å². The van der Waals surface area contributed by atoms with Crippen molar-refractivity contribution in [3.8, 4) is 0 Å². The molecule has 0 spiro atoms. The van der Waals surface area contributed by atoms with Crippen LogP contribution in [-0.4, -0.2) is 23.0 Å². The molecule has 0 aliphatic heterocycles. The first-order valence-corrected chi connectivity index (χ1v) is 6.51. The van der Waals surface area contributed by atoms with Gasteiger partial charge in [0.25, 0.3) is 5.91 Å². The first kappa shape index (κ1) is 14.5. The standard InChI is InChI=1S/C14H23N3O/c1-5-9-15-11-7-8-12(16-10-11)13(18)17-14(3,4)6-2/h7-8,10,15H,5-6,9H2,1-4H3,(H,17,18). The van der Waals surface area contributed by atoms with E-state index in [1.807, 2.05) is 26.8 Å². The molecule has 0 bridgehead atoms. The Kier molecular flexibility index (Phi) is 5.13. The summed E-state index contributed by atoms with van der Waals surface area (Å²) in [4.78, 5) is 16.1. The van der Waals surface area contributed by atoms with E-state index < -0.39 is 0 Å². The van der Waals surface area contributed by atoms with Crippen LogP contribution in [0.25, 0.3) is 0 Å². The van der Waals surface area contributed by atoms with Gasteiger partial charge in [-0.05, 0) is 38.8 Å². The summed E-state index contributed by atoms with van der Waals surface area (Å²) in [6, 6.07) is 3.63. The monoisotopic (exact) mass is 249 g/mol. The average molecular weight is 249 g/mol. The molecule has 4 nitrogen and oxygen atoms in total. The lowest BCUT2D eigenvalue weighted by atomic mass is 10.0. The molecule has 1 aromatic heterocycles. The summed E-state index contributed by atoms with van der Waals surface area (Å²) in [7, 11) is 0. The van der Waals surface area contributed by atoms with Gasteiger partial charge in [0.15, 0.2) is 0 Å². The third-order valence-electron chi connectivity index (χ3n) is 2.91. The zero-order chi connectivity index (χ0) is 13.6. The van der Waals surface area contributed by atoms with Crippen LogP contribution >= 0.6 is 0 Å². The van der Waals surface area contributed by atoms with Crippen LogP contribution in [0, 0.1) is 0 Å². The molecule has 0 aromatic carbocycles. The fraction of sp³-hybridized carbons (Fsp3) is 0.571. The summed E-state index contributed by atoms with van der Waals surface area (Å²) < 4.78 is 0. The number of amides is 1. The zero-order valence-corrected chi connectivity index (χ0v) is 11.7. The van der Waals surface area contributed by atoms with E-state index in [4.69, 9.17) is 0 Å². The molecule has 0 atom stereocenters. The Morgan fingerprint density at radius 2 is 2.06 bits per heavy atom. The van der Waals surface area contributed by atoms with Crippen molar-refractivity contribution in [2.75, 3.05) is 11.9 Å². The van der Waals surface area contributed by atoms with Crippen molar-refractivity contribution in [3.63, 3.8) is 0 Å². The van der Waals surface area contributed by atoms with Crippen LogP contribution < -0.4 is 10.6 Å². The maximum atomic E-state index is 12.0. The Balaban J connectivity index is 2.64. The molecular formula is C14H23N3O. The molecule has 0 fully saturated rings. The molecule has 2 N–H and O–H groups in total. The molecule has 0 saturated carbocycles. The Morgan fingerprint density at radius 3 is 2.56 bits per heavy atom. The summed E-state index contributed by atoms with van der Waals surface area (Å²) in [5.74, 6) is -0.121. The lowest BCUT2D eigenvalue weighted by Gasteiger charge is -2.24. The lowest BCUT2D eigenvalue weighted by molar-refractivity contribution is 0.0906. The minimum atomic E-state index is -0.197. The van der Waals surface area contributed by atoms with Crippen molar-refractivity contribution >= 4 is 11.6 Å². The zero-order valence-electron chi connectivity index (χ0n) is 11.7. The number of pyridine rings is 1. The van der Waals surface area contributed by atoms with Crippen molar-refractivity contribution < 1.29 is 4.79 Å². The molecule has 0 aliphatic rings. The van der Waals surface area contributed by atoms with E-state index in [0.29, 0.717) is 5.69 Å². The minimum absolute atomic E-state index is 0.121. The molecule has 0 radical (unpaired) electrons. The van der Waals surface area contributed by atoms with Crippen LogP contribution in [0.1, 0.15) is 51.0 Å². The van der Waals surface area contributed by atoms with Gasteiger partial charge in [-0.3, -0.25) is 4.79 Å². The average Bonchev–Trinajstić information content (AvgIpc) is 2.36. The van der Waals surface area contributed by atoms with Crippen LogP contribution in [0.2, 0.25) is 0 Å². The highest BCUT2D eigenvalue weighted by molar-refractivity contribution is 5.92. The van der Waals surface area contributed by atoms with Gasteiger partial charge in [0.1, 0.15) is 5.69 Å². The molecule has 18 heavy (non-hydrogen) atoms. The molecule has 0 aliphatic carbocycles. The van der Waals surface area contributed by atoms with Crippen LogP contribution in [-0.2, 0) is 0 Å². The lowest BCUT2D eigenvalue weighted by Crippen LogP contribution is -2.43.